The van der Waals surface area contributed by atoms with Gasteiger partial charge in [0, 0.05) is 25.3 Å². The molecule has 3 N–H and O–H groups in total. The van der Waals surface area contributed by atoms with E-state index in [0.717, 1.165) is 19.2 Å². The highest BCUT2D eigenvalue weighted by molar-refractivity contribution is 7.89. The van der Waals surface area contributed by atoms with Gasteiger partial charge in [0.15, 0.2) is 0 Å². The van der Waals surface area contributed by atoms with Gasteiger partial charge in [-0.2, -0.15) is 30.6 Å². The minimum absolute atomic E-state index is 0.0538. The minimum Gasteiger partial charge on any atom is -0.475 e. The summed E-state index contributed by atoms with van der Waals surface area (Å²) in [4.78, 5) is 37.5. The van der Waals surface area contributed by atoms with Crippen LogP contribution in [0.2, 0.25) is 0 Å². The number of nitrogens with one attached hydrogen (secondary N) is 1. The van der Waals surface area contributed by atoms with Gasteiger partial charge < -0.3 is 15.5 Å². The first kappa shape index (κ1) is 37.3. The number of nitrogens with zero attached hydrogens (tertiary/aromatic N) is 3. The smallest absolute Gasteiger partial charge is 0.475 e. The van der Waals surface area contributed by atoms with Gasteiger partial charge in [0.25, 0.3) is 0 Å². The highest BCUT2D eigenvalue weighted by atomic mass is 32.2. The van der Waals surface area contributed by atoms with Crippen molar-refractivity contribution >= 4 is 33.6 Å². The molecule has 2 fully saturated rings. The van der Waals surface area contributed by atoms with Crippen molar-refractivity contribution in [3.05, 3.63) is 54.6 Å². The van der Waals surface area contributed by atoms with Crippen molar-refractivity contribution in [1.29, 1.82) is 0 Å². The fourth-order valence-corrected chi connectivity index (χ4v) is 6.42. The van der Waals surface area contributed by atoms with Gasteiger partial charge in [-0.3, -0.25) is 14.7 Å². The lowest BCUT2D eigenvalue weighted by Crippen LogP contribution is -2.47. The van der Waals surface area contributed by atoms with Crippen molar-refractivity contribution in [1.82, 2.24) is 14.2 Å². The second-order valence-electron chi connectivity index (χ2n) is 9.75. The topological polar surface area (TPSA) is 157 Å². The zero-order chi connectivity index (χ0) is 34.2. The minimum atomic E-state index is -5.08. The number of sulfonamides is 1. The molecule has 3 heterocycles. The molecule has 0 unspecified atom stereocenters. The molecule has 0 aliphatic carbocycles. The number of carboxylic acids is 2. The Hall–Kier alpha value is -3.84. The maximum absolute atomic E-state index is 13.7. The normalized spacial score (nSPS) is 20.8. The molecule has 19 heteroatoms. The molecule has 0 radical (unpaired) electrons. The summed E-state index contributed by atoms with van der Waals surface area (Å²) in [6.45, 7) is 4.16. The highest BCUT2D eigenvalue weighted by Crippen LogP contribution is 2.45. The molecule has 2 saturated heterocycles. The van der Waals surface area contributed by atoms with Crippen molar-refractivity contribution in [2.75, 3.05) is 31.5 Å². The number of alkyl halides is 6. The van der Waals surface area contributed by atoms with Gasteiger partial charge in [0.2, 0.25) is 15.9 Å². The predicted octanol–water partition coefficient (Wildman–Crippen LogP) is 3.99. The first-order chi connectivity index (χ1) is 20.8. The third kappa shape index (κ3) is 9.82. The Bertz CT molecular complexity index is 1420. The number of carbonyl (C=O) groups is 3. The van der Waals surface area contributed by atoms with Crippen LogP contribution in [0.15, 0.2) is 53.7 Å². The van der Waals surface area contributed by atoms with E-state index in [-0.39, 0.29) is 23.4 Å². The van der Waals surface area contributed by atoms with E-state index in [1.165, 1.54) is 22.5 Å². The van der Waals surface area contributed by atoms with Crippen LogP contribution in [0.1, 0.15) is 26.2 Å². The Balaban J connectivity index is 0.000000421. The van der Waals surface area contributed by atoms with Crippen LogP contribution in [0.25, 0.3) is 0 Å². The van der Waals surface area contributed by atoms with Crippen molar-refractivity contribution in [3.8, 4) is 0 Å². The zero-order valence-corrected chi connectivity index (χ0v) is 24.3. The molecular weight excluding hydrogens is 645 g/mol. The summed E-state index contributed by atoms with van der Waals surface area (Å²) < 4.78 is 105. The molecule has 11 nitrogen and oxygen atoms in total. The Morgan fingerprint density at radius 2 is 1.56 bits per heavy atom. The Kier molecular flexibility index (Phi) is 12.4. The van der Waals surface area contributed by atoms with Gasteiger partial charge in [0.1, 0.15) is 5.82 Å². The average Bonchev–Trinajstić information content (AvgIpc) is 3.19. The Morgan fingerprint density at radius 3 is 2.04 bits per heavy atom. The second-order valence-corrected chi connectivity index (χ2v) is 11.7. The molecule has 1 amide bonds. The van der Waals surface area contributed by atoms with Crippen LogP contribution in [-0.2, 0) is 24.4 Å². The van der Waals surface area contributed by atoms with E-state index in [1.54, 1.807) is 24.5 Å². The SMILES string of the molecule is CCN1CC[C@@]2(C(=O)Nc3cccnc3)CCN(S(=O)(=O)c3cccc(F)c3)CC[C@@H]12.O=C(O)C(F)(F)F.O=C(O)C(F)(F)F. The van der Waals surface area contributed by atoms with E-state index in [9.17, 15) is 43.9 Å². The number of fused-ring (bicyclic) bond motifs is 1. The molecule has 45 heavy (non-hydrogen) atoms. The molecule has 1 aromatic heterocycles. The van der Waals surface area contributed by atoms with Crippen LogP contribution in [0.5, 0.6) is 0 Å². The fourth-order valence-electron chi connectivity index (χ4n) is 4.93. The second kappa shape index (κ2) is 15.0. The molecule has 0 saturated carbocycles. The number of hydrogen-bond donors (Lipinski definition) is 3. The monoisotopic (exact) mass is 674 g/mol. The van der Waals surface area contributed by atoms with E-state index in [2.05, 4.69) is 22.1 Å². The van der Waals surface area contributed by atoms with Crippen LogP contribution in [0.4, 0.5) is 36.4 Å². The zero-order valence-electron chi connectivity index (χ0n) is 23.5. The number of amides is 1. The van der Waals surface area contributed by atoms with Gasteiger partial charge in [-0.05, 0) is 62.7 Å². The molecular formula is C26H29F7N4O7S. The van der Waals surface area contributed by atoms with Crippen LogP contribution < -0.4 is 5.32 Å². The Morgan fingerprint density at radius 1 is 0.978 bits per heavy atom. The Labute approximate surface area is 252 Å². The molecule has 2 aliphatic rings. The van der Waals surface area contributed by atoms with E-state index in [4.69, 9.17) is 19.8 Å². The van der Waals surface area contributed by atoms with Gasteiger partial charge in [-0.15, -0.1) is 0 Å². The summed E-state index contributed by atoms with van der Waals surface area (Å²) in [5, 5.41) is 17.2. The fraction of sp³-hybridized carbons (Fsp3) is 0.462. The largest absolute Gasteiger partial charge is 0.490 e. The number of pyridine rings is 1. The maximum Gasteiger partial charge on any atom is 0.490 e. The van der Waals surface area contributed by atoms with Gasteiger partial charge in [0.05, 0.1) is 22.2 Å². The van der Waals surface area contributed by atoms with Crippen molar-refractivity contribution < 1.29 is 63.7 Å². The maximum atomic E-state index is 13.7. The lowest BCUT2D eigenvalue weighted by atomic mass is 9.75. The molecule has 1 aromatic carbocycles. The molecule has 2 atom stereocenters. The summed E-state index contributed by atoms with van der Waals surface area (Å²) in [7, 11) is -3.84. The van der Waals surface area contributed by atoms with Crippen molar-refractivity contribution in [2.24, 2.45) is 5.41 Å². The number of rotatable bonds is 5. The lowest BCUT2D eigenvalue weighted by Gasteiger charge is -2.35. The third-order valence-corrected chi connectivity index (χ3v) is 8.97. The molecule has 2 aromatic rings. The standard InChI is InChI=1S/C22H27FN4O3S.2C2HF3O2/c1-2-26-13-9-22(21(28)25-18-6-4-11-24-16-18)10-14-27(12-8-20(22)26)31(29,30)19-7-3-5-17(23)15-19;2*3-2(4,5)1(6)7/h3-7,11,15-16,20H,2,8-10,12-14H2,1H3,(H,25,28);2*(H,6,7)/t20-,22-;;/m1../s1. The van der Waals surface area contributed by atoms with Gasteiger partial charge in [-0.1, -0.05) is 13.0 Å². The highest BCUT2D eigenvalue weighted by Gasteiger charge is 2.53. The van der Waals surface area contributed by atoms with E-state index in [1.807, 2.05) is 0 Å². The quantitative estimate of drug-likeness (QED) is 0.399. The van der Waals surface area contributed by atoms with E-state index < -0.39 is 45.5 Å². The summed E-state index contributed by atoms with van der Waals surface area (Å²) in [5.74, 6) is -6.19. The van der Waals surface area contributed by atoms with Crippen LogP contribution in [0, 0.1) is 11.2 Å². The summed E-state index contributed by atoms with van der Waals surface area (Å²) in [6.07, 6.45) is -5.29. The van der Waals surface area contributed by atoms with Crippen molar-refractivity contribution in [3.63, 3.8) is 0 Å². The molecule has 2 aliphatic heterocycles. The van der Waals surface area contributed by atoms with E-state index >= 15 is 0 Å². The number of anilines is 1. The van der Waals surface area contributed by atoms with Crippen LogP contribution in [0.3, 0.4) is 0 Å². The molecule has 0 spiro atoms. The molecule has 250 valence electrons. The van der Waals surface area contributed by atoms with Crippen LogP contribution >= 0.6 is 0 Å². The van der Waals surface area contributed by atoms with Gasteiger partial charge in [-0.25, -0.2) is 22.4 Å². The number of carboxylic acid groups (broad SMARTS) is 2. The van der Waals surface area contributed by atoms with E-state index in [0.29, 0.717) is 31.5 Å². The predicted molar refractivity (Wildman–Crippen MR) is 143 cm³/mol. The third-order valence-electron chi connectivity index (χ3n) is 7.08. The van der Waals surface area contributed by atoms with Gasteiger partial charge >= 0.3 is 24.3 Å². The van der Waals surface area contributed by atoms with Crippen LogP contribution in [-0.4, -0.2) is 95.2 Å². The average molecular weight is 675 g/mol. The lowest BCUT2D eigenvalue weighted by molar-refractivity contribution is -0.193. The van der Waals surface area contributed by atoms with Crippen molar-refractivity contribution in [2.45, 2.75) is 49.5 Å². The number of halogens is 7. The number of aliphatic carboxylic acids is 2. The number of aromatic nitrogens is 1. The first-order valence-electron chi connectivity index (χ1n) is 13.1. The summed E-state index contributed by atoms with van der Waals surface area (Å²) >= 11 is 0. The summed E-state index contributed by atoms with van der Waals surface area (Å²) in [5.41, 5.74) is -0.0537. The molecule has 0 bridgehead atoms. The summed E-state index contributed by atoms with van der Waals surface area (Å²) in [6, 6.07) is 8.58. The number of hydrogen-bond acceptors (Lipinski definition) is 7. The number of likely N-dealkylation sites (tertiary alicyclic amines) is 1. The first-order valence-corrected chi connectivity index (χ1v) is 14.5. The number of benzene rings is 1. The number of carbonyl (C=O) groups excluding carboxylic acids is 1. The molecule has 4 rings (SSSR count).